The predicted octanol–water partition coefficient (Wildman–Crippen LogP) is 1.80. The fourth-order valence-electron chi connectivity index (χ4n) is 1.34. The Bertz CT molecular complexity index is 450. The van der Waals surface area contributed by atoms with Gasteiger partial charge in [0.15, 0.2) is 5.78 Å². The van der Waals surface area contributed by atoms with E-state index in [2.05, 4.69) is 20.9 Å². The zero-order valence-electron chi connectivity index (χ0n) is 7.54. The van der Waals surface area contributed by atoms with Crippen LogP contribution < -0.4 is 4.90 Å². The molecule has 0 saturated carbocycles. The number of carbonyl (C=O) groups is 2. The summed E-state index contributed by atoms with van der Waals surface area (Å²) in [5.41, 5.74) is 0. The van der Waals surface area contributed by atoms with Crippen LogP contribution in [0.2, 0.25) is 5.02 Å². The maximum Gasteiger partial charge on any atom is 0.236 e. The number of pyridine rings is 1. The molecule has 1 aromatic rings. The van der Waals surface area contributed by atoms with Crippen LogP contribution in [0.15, 0.2) is 16.7 Å². The zero-order chi connectivity index (χ0) is 11.0. The number of amides is 1. The fraction of sp³-hybridized carbons (Fsp3) is 0.222. The predicted molar refractivity (Wildman–Crippen MR) is 58.9 cm³/mol. The number of hydrogen-bond acceptors (Lipinski definition) is 3. The van der Waals surface area contributed by atoms with Gasteiger partial charge in [0.25, 0.3) is 0 Å². The number of nitrogens with zero attached hydrogens (tertiary/aromatic N) is 2. The molecule has 1 aliphatic rings. The Balaban J connectivity index is 2.34. The first kappa shape index (κ1) is 10.6. The van der Waals surface area contributed by atoms with Gasteiger partial charge in [-0.2, -0.15) is 0 Å². The second-order valence-electron chi connectivity index (χ2n) is 3.15. The summed E-state index contributed by atoms with van der Waals surface area (Å²) in [5.74, 6) is 0.0887. The van der Waals surface area contributed by atoms with E-state index < -0.39 is 0 Å². The molecule has 1 saturated heterocycles. The molecule has 1 aliphatic heterocycles. The molecule has 15 heavy (non-hydrogen) atoms. The molecule has 6 heteroatoms. The quantitative estimate of drug-likeness (QED) is 0.741. The lowest BCUT2D eigenvalue weighted by molar-refractivity contribution is -0.121. The van der Waals surface area contributed by atoms with E-state index in [9.17, 15) is 9.59 Å². The Morgan fingerprint density at radius 2 is 2.20 bits per heavy atom. The van der Waals surface area contributed by atoms with Crippen LogP contribution in [-0.4, -0.2) is 23.2 Å². The summed E-state index contributed by atoms with van der Waals surface area (Å²) in [6, 6.07) is 1.56. The van der Waals surface area contributed by atoms with E-state index in [-0.39, 0.29) is 24.7 Å². The maximum atomic E-state index is 11.4. The second kappa shape index (κ2) is 3.90. The third kappa shape index (κ3) is 2.03. The first-order chi connectivity index (χ1) is 7.08. The Morgan fingerprint density at radius 1 is 1.47 bits per heavy atom. The number of Topliss-reactive ketones (excluding diaryl/α,β-unsaturated/α-hetero) is 1. The monoisotopic (exact) mass is 288 g/mol. The van der Waals surface area contributed by atoms with Gasteiger partial charge in [0.05, 0.1) is 22.5 Å². The number of anilines is 1. The molecule has 2 heterocycles. The number of aromatic nitrogens is 1. The average Bonchev–Trinajstić information content (AvgIpc) is 2.50. The van der Waals surface area contributed by atoms with Crippen molar-refractivity contribution in [2.24, 2.45) is 0 Å². The Hall–Kier alpha value is -0.940. The highest BCUT2D eigenvalue weighted by atomic mass is 79.9. The molecule has 0 aromatic carbocycles. The summed E-state index contributed by atoms with van der Waals surface area (Å²) in [4.78, 5) is 27.8. The van der Waals surface area contributed by atoms with Gasteiger partial charge in [-0.15, -0.1) is 0 Å². The Morgan fingerprint density at radius 3 is 2.73 bits per heavy atom. The minimum Gasteiger partial charge on any atom is -0.297 e. The number of carbonyl (C=O) groups excluding carboxylic acids is 2. The van der Waals surface area contributed by atoms with Crippen molar-refractivity contribution < 1.29 is 9.59 Å². The molecule has 0 radical (unpaired) electrons. The van der Waals surface area contributed by atoms with E-state index in [4.69, 9.17) is 11.6 Å². The minimum atomic E-state index is -0.231. The van der Waals surface area contributed by atoms with Crippen molar-refractivity contribution >= 4 is 45.0 Å². The van der Waals surface area contributed by atoms with Crippen molar-refractivity contribution in [2.75, 3.05) is 11.4 Å². The first-order valence-corrected chi connectivity index (χ1v) is 5.38. The third-order valence-electron chi connectivity index (χ3n) is 2.05. The summed E-state index contributed by atoms with van der Waals surface area (Å²) in [6.45, 7) is 0.0871. The van der Waals surface area contributed by atoms with Crippen LogP contribution in [0.4, 0.5) is 5.82 Å². The van der Waals surface area contributed by atoms with E-state index in [1.54, 1.807) is 6.07 Å². The van der Waals surface area contributed by atoms with Crippen LogP contribution in [0.25, 0.3) is 0 Å². The van der Waals surface area contributed by atoms with Crippen molar-refractivity contribution in [3.05, 3.63) is 21.8 Å². The molecule has 0 unspecified atom stereocenters. The number of hydrogen-bond donors (Lipinski definition) is 0. The van der Waals surface area contributed by atoms with Gasteiger partial charge < -0.3 is 0 Å². The van der Waals surface area contributed by atoms with Crippen LogP contribution in [0, 0.1) is 0 Å². The second-order valence-corrected chi connectivity index (χ2v) is 4.41. The molecule has 0 N–H and O–H groups in total. The summed E-state index contributed by atoms with van der Waals surface area (Å²) in [6.07, 6.45) is 1.46. The van der Waals surface area contributed by atoms with Gasteiger partial charge in [-0.05, 0) is 15.9 Å². The van der Waals surface area contributed by atoms with Gasteiger partial charge in [-0.25, -0.2) is 4.98 Å². The molecular formula is C9H6BrClN2O2. The van der Waals surface area contributed by atoms with Crippen molar-refractivity contribution in [1.29, 1.82) is 0 Å². The summed E-state index contributed by atoms with van der Waals surface area (Å²) >= 11 is 9.07. The van der Waals surface area contributed by atoms with Crippen LogP contribution in [0.3, 0.4) is 0 Å². The van der Waals surface area contributed by atoms with Crippen molar-refractivity contribution in [2.45, 2.75) is 6.42 Å². The normalized spacial score (nSPS) is 16.3. The van der Waals surface area contributed by atoms with E-state index >= 15 is 0 Å². The lowest BCUT2D eigenvalue weighted by Gasteiger charge is -2.13. The van der Waals surface area contributed by atoms with Gasteiger partial charge in [0.1, 0.15) is 5.82 Å². The topological polar surface area (TPSA) is 50.3 Å². The minimum absolute atomic E-state index is 0.0463. The molecule has 4 nitrogen and oxygen atoms in total. The molecule has 2 rings (SSSR count). The third-order valence-corrected chi connectivity index (χ3v) is 3.23. The van der Waals surface area contributed by atoms with Gasteiger partial charge in [-0.1, -0.05) is 11.6 Å². The largest absolute Gasteiger partial charge is 0.297 e. The number of halogens is 2. The number of rotatable bonds is 1. The lowest BCUT2D eigenvalue weighted by Crippen LogP contribution is -2.25. The van der Waals surface area contributed by atoms with Crippen LogP contribution in [-0.2, 0) is 9.59 Å². The zero-order valence-corrected chi connectivity index (χ0v) is 9.88. The Labute approximate surface area is 99.4 Å². The maximum absolute atomic E-state index is 11.4. The smallest absolute Gasteiger partial charge is 0.236 e. The Kier molecular flexibility index (Phi) is 2.75. The van der Waals surface area contributed by atoms with Gasteiger partial charge in [0, 0.05) is 12.3 Å². The van der Waals surface area contributed by atoms with Crippen molar-refractivity contribution in [3.8, 4) is 0 Å². The molecule has 1 amide bonds. The van der Waals surface area contributed by atoms with E-state index in [0.29, 0.717) is 15.3 Å². The molecule has 1 fully saturated rings. The summed E-state index contributed by atoms with van der Waals surface area (Å²) in [7, 11) is 0. The van der Waals surface area contributed by atoms with Crippen LogP contribution in [0.5, 0.6) is 0 Å². The summed E-state index contributed by atoms with van der Waals surface area (Å²) < 4.78 is 0.658. The summed E-state index contributed by atoms with van der Waals surface area (Å²) in [5, 5.41) is 0.465. The van der Waals surface area contributed by atoms with Crippen LogP contribution in [0.1, 0.15) is 6.42 Å². The molecule has 78 valence electrons. The van der Waals surface area contributed by atoms with Crippen molar-refractivity contribution in [3.63, 3.8) is 0 Å². The van der Waals surface area contributed by atoms with Crippen LogP contribution >= 0.6 is 27.5 Å². The molecular weight excluding hydrogens is 283 g/mol. The van der Waals surface area contributed by atoms with Gasteiger partial charge in [-0.3, -0.25) is 14.5 Å². The molecule has 0 aliphatic carbocycles. The molecule has 1 aromatic heterocycles. The van der Waals surface area contributed by atoms with Crippen molar-refractivity contribution in [1.82, 2.24) is 4.98 Å². The van der Waals surface area contributed by atoms with E-state index in [1.807, 2.05) is 0 Å². The average molecular weight is 290 g/mol. The van der Waals surface area contributed by atoms with Gasteiger partial charge in [0.2, 0.25) is 5.91 Å². The SMILES string of the molecule is O=C1CC(=O)N(c2cc(Cl)c(Br)cn2)C1. The van der Waals surface area contributed by atoms with E-state index in [0.717, 1.165) is 0 Å². The molecule has 0 spiro atoms. The molecule has 0 bridgehead atoms. The highest BCUT2D eigenvalue weighted by Crippen LogP contribution is 2.26. The molecule has 0 atom stereocenters. The highest BCUT2D eigenvalue weighted by Gasteiger charge is 2.29. The standard InChI is InChI=1S/C9H6BrClN2O2/c10-6-3-12-8(2-7(6)11)13-4-5(14)1-9(13)15/h2-3H,1,4H2. The highest BCUT2D eigenvalue weighted by molar-refractivity contribution is 9.10. The fourth-order valence-corrected chi connectivity index (χ4v) is 1.71. The lowest BCUT2D eigenvalue weighted by atomic mass is 10.3. The van der Waals surface area contributed by atoms with Gasteiger partial charge >= 0.3 is 0 Å². The first-order valence-electron chi connectivity index (χ1n) is 4.21. The number of ketones is 1. The van der Waals surface area contributed by atoms with E-state index in [1.165, 1.54) is 11.1 Å².